The highest BCUT2D eigenvalue weighted by Gasteiger charge is 2.19. The average molecular weight is 620 g/mol. The van der Waals surface area contributed by atoms with Crippen LogP contribution < -0.4 is 4.89 Å². The van der Waals surface area contributed by atoms with E-state index in [0.29, 0.717) is 17.6 Å². The highest BCUT2D eigenvalue weighted by Crippen LogP contribution is 2.38. The summed E-state index contributed by atoms with van der Waals surface area (Å²) in [4.78, 5) is 23.8. The molecule has 0 saturated carbocycles. The molecule has 8 nitrogen and oxygen atoms in total. The van der Waals surface area contributed by atoms with Crippen LogP contribution in [0.1, 0.15) is 136 Å². The standard InChI is InChI=1S/C33H66NO7P/c1-6-8-9-10-11-12-13-14-15-16-17-18-19-20-21-22-23-24-25-26-28-38-30-32(41-33(35)7-2)31-40-42(36,37)39-29-27-34(3,4)5/h14-15,32H,6-13,16-31H2,1-5H3/b15-14-. The summed E-state index contributed by atoms with van der Waals surface area (Å²) < 4.78 is 33.5. The molecule has 0 radical (unpaired) electrons. The van der Waals surface area contributed by atoms with Crippen molar-refractivity contribution < 1.29 is 37.3 Å². The van der Waals surface area contributed by atoms with Gasteiger partial charge in [0.25, 0.3) is 7.82 Å². The lowest BCUT2D eigenvalue weighted by Crippen LogP contribution is -2.37. The predicted molar refractivity (Wildman–Crippen MR) is 171 cm³/mol. The van der Waals surface area contributed by atoms with Crippen LogP contribution in [0.2, 0.25) is 0 Å². The van der Waals surface area contributed by atoms with Crippen LogP contribution in [-0.2, 0) is 27.9 Å². The van der Waals surface area contributed by atoms with E-state index in [9.17, 15) is 14.3 Å². The number of phosphoric acid groups is 1. The first kappa shape index (κ1) is 41.2. The Bertz CT molecular complexity index is 696. The lowest BCUT2D eigenvalue weighted by molar-refractivity contribution is -0.870. The number of unbranched alkanes of at least 4 members (excludes halogenated alkanes) is 16. The van der Waals surface area contributed by atoms with Crippen molar-refractivity contribution >= 4 is 13.8 Å². The van der Waals surface area contributed by atoms with E-state index < -0.39 is 19.9 Å². The van der Waals surface area contributed by atoms with Crippen LogP contribution in [-0.4, -0.2) is 70.7 Å². The van der Waals surface area contributed by atoms with E-state index in [1.807, 2.05) is 21.1 Å². The van der Waals surface area contributed by atoms with Crippen molar-refractivity contribution in [2.45, 2.75) is 142 Å². The fourth-order valence-electron chi connectivity index (χ4n) is 4.40. The fraction of sp³-hybridized carbons (Fsp3) is 0.909. The molecule has 0 aromatic heterocycles. The molecular formula is C33H66NO7P. The second-order valence-corrected chi connectivity index (χ2v) is 13.9. The van der Waals surface area contributed by atoms with Crippen LogP contribution >= 0.6 is 7.82 Å². The molecule has 0 bridgehead atoms. The number of quaternary nitrogens is 1. The summed E-state index contributed by atoms with van der Waals surface area (Å²) >= 11 is 0. The Hall–Kier alpha value is -0.760. The number of rotatable bonds is 31. The van der Waals surface area contributed by atoms with E-state index >= 15 is 0 Å². The molecule has 0 rings (SSSR count). The van der Waals surface area contributed by atoms with Crippen LogP contribution in [0.3, 0.4) is 0 Å². The van der Waals surface area contributed by atoms with Gasteiger partial charge in [0, 0.05) is 13.0 Å². The van der Waals surface area contributed by atoms with Gasteiger partial charge in [-0.3, -0.25) is 9.36 Å². The fourth-order valence-corrected chi connectivity index (χ4v) is 5.13. The maximum Gasteiger partial charge on any atom is 0.305 e. The van der Waals surface area contributed by atoms with E-state index in [-0.39, 0.29) is 26.2 Å². The zero-order valence-electron chi connectivity index (χ0n) is 28.0. The minimum atomic E-state index is -4.48. The number of carbonyl (C=O) groups is 1. The van der Waals surface area contributed by atoms with Gasteiger partial charge in [-0.15, -0.1) is 0 Å². The van der Waals surface area contributed by atoms with Crippen molar-refractivity contribution in [2.75, 3.05) is 54.1 Å². The number of likely N-dealkylation sites (N-methyl/N-ethyl adjacent to an activating group) is 1. The zero-order valence-corrected chi connectivity index (χ0v) is 28.8. The third-order valence-electron chi connectivity index (χ3n) is 7.12. The Kier molecular flexibility index (Phi) is 27.3. The van der Waals surface area contributed by atoms with Gasteiger partial charge in [0.1, 0.15) is 19.3 Å². The summed E-state index contributed by atoms with van der Waals surface area (Å²) in [7, 11) is 1.35. The van der Waals surface area contributed by atoms with E-state index in [1.54, 1.807) is 6.92 Å². The number of carbonyl (C=O) groups excluding carboxylic acids is 1. The van der Waals surface area contributed by atoms with Gasteiger partial charge in [0.05, 0.1) is 34.4 Å². The maximum absolute atomic E-state index is 12.0. The summed E-state index contributed by atoms with van der Waals surface area (Å²) in [6.45, 7) is 4.83. The van der Waals surface area contributed by atoms with Crippen molar-refractivity contribution in [1.82, 2.24) is 0 Å². The Morgan fingerprint density at radius 2 is 1.21 bits per heavy atom. The Morgan fingerprint density at radius 1 is 0.714 bits per heavy atom. The van der Waals surface area contributed by atoms with Gasteiger partial charge in [-0.05, 0) is 32.1 Å². The van der Waals surface area contributed by atoms with Crippen LogP contribution in [0.25, 0.3) is 0 Å². The van der Waals surface area contributed by atoms with E-state index in [1.165, 1.54) is 103 Å². The van der Waals surface area contributed by atoms with Gasteiger partial charge in [0.2, 0.25) is 0 Å². The maximum atomic E-state index is 12.0. The van der Waals surface area contributed by atoms with Crippen molar-refractivity contribution in [1.29, 1.82) is 0 Å². The topological polar surface area (TPSA) is 94.1 Å². The van der Waals surface area contributed by atoms with Crippen LogP contribution in [0.15, 0.2) is 12.2 Å². The van der Waals surface area contributed by atoms with Crippen molar-refractivity contribution in [3.05, 3.63) is 12.2 Å². The molecule has 0 aliphatic heterocycles. The molecule has 0 fully saturated rings. The van der Waals surface area contributed by atoms with E-state index in [2.05, 4.69) is 19.1 Å². The number of hydrogen-bond acceptors (Lipinski definition) is 7. The van der Waals surface area contributed by atoms with Gasteiger partial charge >= 0.3 is 5.97 Å². The van der Waals surface area contributed by atoms with Crippen LogP contribution in [0.5, 0.6) is 0 Å². The molecule has 0 N–H and O–H groups in total. The number of phosphoric ester groups is 1. The molecule has 0 aromatic carbocycles. The second kappa shape index (κ2) is 27.8. The van der Waals surface area contributed by atoms with Gasteiger partial charge in [0.15, 0.2) is 0 Å². The average Bonchev–Trinajstić information content (AvgIpc) is 2.93. The molecule has 9 heteroatoms. The summed E-state index contributed by atoms with van der Waals surface area (Å²) in [6.07, 6.45) is 27.3. The largest absolute Gasteiger partial charge is 0.756 e. The molecule has 42 heavy (non-hydrogen) atoms. The lowest BCUT2D eigenvalue weighted by Gasteiger charge is -2.28. The number of esters is 1. The summed E-state index contributed by atoms with van der Waals surface area (Å²) in [5.41, 5.74) is 0. The molecule has 2 unspecified atom stereocenters. The highest BCUT2D eigenvalue weighted by atomic mass is 31.2. The van der Waals surface area contributed by atoms with Gasteiger partial charge < -0.3 is 27.9 Å². The number of allylic oxidation sites excluding steroid dienone is 2. The normalized spacial score (nSPS) is 14.3. The minimum Gasteiger partial charge on any atom is -0.756 e. The number of nitrogens with zero attached hydrogens (tertiary/aromatic N) is 1. The highest BCUT2D eigenvalue weighted by molar-refractivity contribution is 7.45. The summed E-state index contributed by atoms with van der Waals surface area (Å²) in [6, 6.07) is 0. The lowest BCUT2D eigenvalue weighted by atomic mass is 10.1. The summed E-state index contributed by atoms with van der Waals surface area (Å²) in [5, 5.41) is 0. The molecule has 0 spiro atoms. The SMILES string of the molecule is CCCCCCCC/C=C\CCCCCCCCCCCCOCC(COP(=O)([O-])OCC[N+](C)(C)C)OC(=O)CC. The molecule has 0 aliphatic carbocycles. The van der Waals surface area contributed by atoms with Crippen LogP contribution in [0.4, 0.5) is 0 Å². The molecule has 0 aliphatic rings. The monoisotopic (exact) mass is 619 g/mol. The van der Waals surface area contributed by atoms with Gasteiger partial charge in [-0.1, -0.05) is 109 Å². The first-order valence-corrected chi connectivity index (χ1v) is 18.4. The molecule has 250 valence electrons. The minimum absolute atomic E-state index is 0.0252. The first-order chi connectivity index (χ1) is 20.1. The van der Waals surface area contributed by atoms with Crippen molar-refractivity contribution in [2.24, 2.45) is 0 Å². The molecule has 0 aromatic rings. The summed E-state index contributed by atoms with van der Waals surface area (Å²) in [5.74, 6) is -0.422. The molecule has 2 atom stereocenters. The third kappa shape index (κ3) is 30.7. The third-order valence-corrected chi connectivity index (χ3v) is 8.09. The van der Waals surface area contributed by atoms with E-state index in [4.69, 9.17) is 18.5 Å². The Morgan fingerprint density at radius 3 is 1.71 bits per heavy atom. The van der Waals surface area contributed by atoms with Crippen molar-refractivity contribution in [3.8, 4) is 0 Å². The predicted octanol–water partition coefficient (Wildman–Crippen LogP) is 8.13. The Balaban J connectivity index is 3.73. The molecular weight excluding hydrogens is 553 g/mol. The number of hydrogen-bond donors (Lipinski definition) is 0. The van der Waals surface area contributed by atoms with E-state index in [0.717, 1.165) is 12.8 Å². The van der Waals surface area contributed by atoms with Crippen molar-refractivity contribution in [3.63, 3.8) is 0 Å². The smallest absolute Gasteiger partial charge is 0.305 e. The Labute approximate surface area is 259 Å². The van der Waals surface area contributed by atoms with Gasteiger partial charge in [-0.2, -0.15) is 0 Å². The van der Waals surface area contributed by atoms with Crippen LogP contribution in [0, 0.1) is 0 Å². The first-order valence-electron chi connectivity index (χ1n) is 16.9. The molecule has 0 amide bonds. The second-order valence-electron chi connectivity index (χ2n) is 12.5. The number of ether oxygens (including phenoxy) is 2. The zero-order chi connectivity index (χ0) is 31.4. The molecule has 0 saturated heterocycles. The van der Waals surface area contributed by atoms with Gasteiger partial charge in [-0.25, -0.2) is 0 Å². The molecule has 0 heterocycles. The quantitative estimate of drug-likeness (QED) is 0.0254.